The summed E-state index contributed by atoms with van der Waals surface area (Å²) in [4.78, 5) is 44.2. The number of nitrogens with one attached hydrogen (secondary N) is 1. The maximum absolute atomic E-state index is 12.8. The van der Waals surface area contributed by atoms with Crippen LogP contribution < -0.4 is 4.74 Å². The first-order chi connectivity index (χ1) is 13.3. The van der Waals surface area contributed by atoms with Crippen LogP contribution in [0, 0.1) is 13.8 Å². The van der Waals surface area contributed by atoms with E-state index in [1.807, 2.05) is 0 Å². The van der Waals surface area contributed by atoms with Crippen LogP contribution in [0.4, 0.5) is 0 Å². The number of ketones is 1. The van der Waals surface area contributed by atoms with Gasteiger partial charge in [-0.05, 0) is 52.3 Å². The SMILES string of the molecule is CCOC(=O)c1c(C)[nH]c(C(=O)C(C)OC(=O)c2cccnc2OCC)c1C. The van der Waals surface area contributed by atoms with Gasteiger partial charge in [-0.15, -0.1) is 0 Å². The van der Waals surface area contributed by atoms with Gasteiger partial charge in [0, 0.05) is 11.9 Å². The number of carbonyl (C=O) groups excluding carboxylic acids is 3. The van der Waals surface area contributed by atoms with Crippen LogP contribution in [-0.4, -0.2) is 47.0 Å². The lowest BCUT2D eigenvalue weighted by Gasteiger charge is -2.13. The van der Waals surface area contributed by atoms with Gasteiger partial charge in [-0.3, -0.25) is 4.79 Å². The van der Waals surface area contributed by atoms with Gasteiger partial charge in [0.2, 0.25) is 11.7 Å². The van der Waals surface area contributed by atoms with Gasteiger partial charge in [0.1, 0.15) is 5.56 Å². The molecule has 0 radical (unpaired) electrons. The summed E-state index contributed by atoms with van der Waals surface area (Å²) in [6.45, 7) is 8.83. The molecule has 28 heavy (non-hydrogen) atoms. The molecule has 0 saturated heterocycles. The molecule has 2 rings (SSSR count). The molecule has 0 saturated carbocycles. The number of Topliss-reactive ketones (excluding diaryl/α,β-unsaturated/α-hetero) is 1. The standard InChI is InChI=1S/C20H24N2O6/c1-6-26-18-14(9-8-10-21-18)19(24)28-13(5)17(23)16-11(3)15(12(4)22-16)20(25)27-7-2/h8-10,13,22H,6-7H2,1-5H3. The molecule has 0 aliphatic carbocycles. The highest BCUT2D eigenvalue weighted by molar-refractivity contribution is 6.04. The zero-order valence-electron chi connectivity index (χ0n) is 16.6. The lowest BCUT2D eigenvalue weighted by Crippen LogP contribution is -2.25. The number of nitrogens with zero attached hydrogens (tertiary/aromatic N) is 1. The lowest BCUT2D eigenvalue weighted by molar-refractivity contribution is 0.0312. The molecule has 8 nitrogen and oxygen atoms in total. The van der Waals surface area contributed by atoms with E-state index in [1.165, 1.54) is 19.2 Å². The van der Waals surface area contributed by atoms with Gasteiger partial charge in [-0.1, -0.05) is 0 Å². The van der Waals surface area contributed by atoms with E-state index in [-0.39, 0.29) is 23.7 Å². The number of pyridine rings is 1. The maximum atomic E-state index is 12.8. The summed E-state index contributed by atoms with van der Waals surface area (Å²) < 4.78 is 15.7. The molecular formula is C20H24N2O6. The van der Waals surface area contributed by atoms with E-state index in [0.717, 1.165) is 0 Å². The molecular weight excluding hydrogens is 364 g/mol. The number of H-pyrrole nitrogens is 1. The molecule has 2 aromatic rings. The molecule has 150 valence electrons. The molecule has 0 fully saturated rings. The summed E-state index contributed by atoms with van der Waals surface area (Å²) in [5, 5.41) is 0. The average Bonchev–Trinajstić information content (AvgIpc) is 2.96. The maximum Gasteiger partial charge on any atom is 0.344 e. The van der Waals surface area contributed by atoms with Gasteiger partial charge in [0.05, 0.1) is 24.5 Å². The van der Waals surface area contributed by atoms with E-state index < -0.39 is 23.8 Å². The summed E-state index contributed by atoms with van der Waals surface area (Å²) in [6.07, 6.45) is 0.423. The Bertz CT molecular complexity index is 887. The quantitative estimate of drug-likeness (QED) is 0.547. The Balaban J connectivity index is 2.21. The van der Waals surface area contributed by atoms with Crippen LogP contribution in [0.2, 0.25) is 0 Å². The van der Waals surface area contributed by atoms with Crippen molar-refractivity contribution in [2.75, 3.05) is 13.2 Å². The van der Waals surface area contributed by atoms with Crippen LogP contribution >= 0.6 is 0 Å². The molecule has 0 spiro atoms. The Morgan fingerprint density at radius 2 is 1.86 bits per heavy atom. The van der Waals surface area contributed by atoms with Crippen LogP contribution in [0.3, 0.4) is 0 Å². The van der Waals surface area contributed by atoms with Gasteiger partial charge in [0.15, 0.2) is 6.10 Å². The Kier molecular flexibility index (Phi) is 6.92. The van der Waals surface area contributed by atoms with Crippen molar-refractivity contribution in [3.8, 4) is 5.88 Å². The number of aryl methyl sites for hydroxylation is 1. The first-order valence-electron chi connectivity index (χ1n) is 9.01. The molecule has 0 aliphatic rings. The van der Waals surface area contributed by atoms with Crippen LogP contribution in [0.1, 0.15) is 63.2 Å². The van der Waals surface area contributed by atoms with E-state index in [9.17, 15) is 14.4 Å². The second kappa shape index (κ2) is 9.16. The minimum atomic E-state index is -1.08. The molecule has 1 atom stereocenters. The Labute approximate surface area is 163 Å². The monoisotopic (exact) mass is 388 g/mol. The molecule has 8 heteroatoms. The van der Waals surface area contributed by atoms with Gasteiger partial charge in [-0.25, -0.2) is 14.6 Å². The first kappa shape index (κ1) is 21.1. The number of aromatic amines is 1. The number of ether oxygens (including phenoxy) is 3. The minimum Gasteiger partial charge on any atom is -0.477 e. The largest absolute Gasteiger partial charge is 0.477 e. The predicted molar refractivity (Wildman–Crippen MR) is 101 cm³/mol. The summed E-state index contributed by atoms with van der Waals surface area (Å²) >= 11 is 0. The topological polar surface area (TPSA) is 108 Å². The fourth-order valence-electron chi connectivity index (χ4n) is 2.78. The number of hydrogen-bond donors (Lipinski definition) is 1. The normalized spacial score (nSPS) is 11.6. The zero-order valence-corrected chi connectivity index (χ0v) is 16.6. The molecule has 2 aromatic heterocycles. The highest BCUT2D eigenvalue weighted by Gasteiger charge is 2.28. The van der Waals surface area contributed by atoms with Crippen LogP contribution in [0.15, 0.2) is 18.3 Å². The Morgan fingerprint density at radius 3 is 2.50 bits per heavy atom. The third-order valence-corrected chi connectivity index (χ3v) is 4.09. The van der Waals surface area contributed by atoms with Crippen molar-refractivity contribution in [2.24, 2.45) is 0 Å². The predicted octanol–water partition coefficient (Wildman–Crippen LogP) is 3.03. The van der Waals surface area contributed by atoms with Crippen molar-refractivity contribution < 1.29 is 28.6 Å². The fraction of sp³-hybridized carbons (Fsp3) is 0.400. The number of rotatable bonds is 8. The Morgan fingerprint density at radius 1 is 1.14 bits per heavy atom. The molecule has 0 aromatic carbocycles. The first-order valence-corrected chi connectivity index (χ1v) is 9.01. The third kappa shape index (κ3) is 4.39. The van der Waals surface area contributed by atoms with Gasteiger partial charge < -0.3 is 19.2 Å². The summed E-state index contributed by atoms with van der Waals surface area (Å²) in [5.41, 5.74) is 1.63. The van der Waals surface area contributed by atoms with Gasteiger partial charge >= 0.3 is 11.9 Å². The summed E-state index contributed by atoms with van der Waals surface area (Å²) in [5.74, 6) is -1.53. The number of hydrogen-bond acceptors (Lipinski definition) is 7. The van der Waals surface area contributed by atoms with Crippen LogP contribution in [0.25, 0.3) is 0 Å². The van der Waals surface area contributed by atoms with E-state index in [4.69, 9.17) is 14.2 Å². The second-order valence-corrected chi connectivity index (χ2v) is 6.05. The van der Waals surface area contributed by atoms with E-state index in [1.54, 1.807) is 33.8 Å². The highest BCUT2D eigenvalue weighted by atomic mass is 16.6. The minimum absolute atomic E-state index is 0.135. The smallest absolute Gasteiger partial charge is 0.344 e. The highest BCUT2D eigenvalue weighted by Crippen LogP contribution is 2.22. The Hall–Kier alpha value is -3.16. The van der Waals surface area contributed by atoms with Crippen molar-refractivity contribution in [2.45, 2.75) is 40.7 Å². The van der Waals surface area contributed by atoms with Gasteiger partial charge in [0.25, 0.3) is 0 Å². The number of carbonyl (C=O) groups is 3. The van der Waals surface area contributed by atoms with Crippen LogP contribution in [0.5, 0.6) is 5.88 Å². The van der Waals surface area contributed by atoms with E-state index in [0.29, 0.717) is 23.4 Å². The zero-order chi connectivity index (χ0) is 20.8. The molecule has 2 heterocycles. The van der Waals surface area contributed by atoms with Crippen molar-refractivity contribution in [3.63, 3.8) is 0 Å². The summed E-state index contributed by atoms with van der Waals surface area (Å²) in [7, 11) is 0. The van der Waals surface area contributed by atoms with Crippen molar-refractivity contribution in [1.82, 2.24) is 9.97 Å². The van der Waals surface area contributed by atoms with Gasteiger partial charge in [-0.2, -0.15) is 0 Å². The van der Waals surface area contributed by atoms with E-state index in [2.05, 4.69) is 9.97 Å². The van der Waals surface area contributed by atoms with Crippen molar-refractivity contribution in [1.29, 1.82) is 0 Å². The number of esters is 2. The van der Waals surface area contributed by atoms with E-state index >= 15 is 0 Å². The fourth-order valence-corrected chi connectivity index (χ4v) is 2.78. The summed E-state index contributed by atoms with van der Waals surface area (Å²) in [6, 6.07) is 3.09. The van der Waals surface area contributed by atoms with Crippen LogP contribution in [-0.2, 0) is 9.47 Å². The molecule has 0 aliphatic heterocycles. The average molecular weight is 388 g/mol. The lowest BCUT2D eigenvalue weighted by atomic mass is 10.1. The molecule has 0 bridgehead atoms. The number of aromatic nitrogens is 2. The second-order valence-electron chi connectivity index (χ2n) is 6.05. The molecule has 0 amide bonds. The molecule has 1 N–H and O–H groups in total. The van der Waals surface area contributed by atoms with Crippen molar-refractivity contribution >= 4 is 17.7 Å². The molecule has 1 unspecified atom stereocenters. The van der Waals surface area contributed by atoms with Crippen molar-refractivity contribution in [3.05, 3.63) is 46.4 Å². The third-order valence-electron chi connectivity index (χ3n) is 4.09.